The van der Waals surface area contributed by atoms with Crippen LogP contribution in [0.5, 0.6) is 0 Å². The molecule has 0 aliphatic rings. The quantitative estimate of drug-likeness (QED) is 0.748. The molecule has 0 aliphatic carbocycles. The molecular weight excluding hydrogens is 345 g/mol. The summed E-state index contributed by atoms with van der Waals surface area (Å²) in [6, 6.07) is 8.75. The summed E-state index contributed by atoms with van der Waals surface area (Å²) >= 11 is 3.29. The van der Waals surface area contributed by atoms with Crippen molar-refractivity contribution in [2.45, 2.75) is 26.1 Å². The fourth-order valence-electron chi connectivity index (χ4n) is 1.96. The van der Waals surface area contributed by atoms with E-state index >= 15 is 0 Å². The molecule has 0 saturated carbocycles. The molecule has 1 aromatic carbocycles. The molecule has 0 radical (unpaired) electrons. The number of pyridine rings is 1. The third-order valence-corrected chi connectivity index (χ3v) is 3.60. The first kappa shape index (κ1) is 15.8. The Morgan fingerprint density at radius 1 is 1.10 bits per heavy atom. The fraction of sp³-hybridized carbons (Fsp3) is 0.267. The number of rotatable bonds is 3. The van der Waals surface area contributed by atoms with Crippen molar-refractivity contribution in [2.75, 3.05) is 5.32 Å². The maximum Gasteiger partial charge on any atom is 0.416 e. The number of benzene rings is 1. The van der Waals surface area contributed by atoms with Crippen molar-refractivity contribution in [1.29, 1.82) is 0 Å². The molecule has 1 N–H and O–H groups in total. The normalized spacial score (nSPS) is 13.0. The van der Waals surface area contributed by atoms with Crippen LogP contribution in [-0.2, 0) is 6.18 Å². The number of halogens is 4. The van der Waals surface area contributed by atoms with Gasteiger partial charge in [-0.15, -0.1) is 0 Å². The fourth-order valence-corrected chi connectivity index (χ4v) is 2.36. The third kappa shape index (κ3) is 3.97. The van der Waals surface area contributed by atoms with Crippen molar-refractivity contribution in [3.05, 3.63) is 57.8 Å². The molecule has 1 aromatic heterocycles. The molecule has 0 amide bonds. The average Bonchev–Trinajstić information content (AvgIpc) is 2.41. The minimum atomic E-state index is -4.30. The SMILES string of the molecule is Cc1nc(Br)ccc1NC(C)c1ccc(C(F)(F)F)cc1. The summed E-state index contributed by atoms with van der Waals surface area (Å²) in [7, 11) is 0. The summed E-state index contributed by atoms with van der Waals surface area (Å²) in [6.07, 6.45) is -4.30. The van der Waals surface area contributed by atoms with Crippen molar-refractivity contribution in [1.82, 2.24) is 4.98 Å². The van der Waals surface area contributed by atoms with Crippen LogP contribution in [0.1, 0.15) is 29.8 Å². The van der Waals surface area contributed by atoms with E-state index in [0.717, 1.165) is 33.7 Å². The highest BCUT2D eigenvalue weighted by atomic mass is 79.9. The number of hydrogen-bond acceptors (Lipinski definition) is 2. The zero-order valence-electron chi connectivity index (χ0n) is 11.5. The number of aryl methyl sites for hydroxylation is 1. The first-order valence-corrected chi connectivity index (χ1v) is 7.13. The van der Waals surface area contributed by atoms with E-state index < -0.39 is 11.7 Å². The van der Waals surface area contributed by atoms with Crippen molar-refractivity contribution < 1.29 is 13.2 Å². The molecule has 6 heteroatoms. The second kappa shape index (κ2) is 6.05. The molecule has 1 heterocycles. The molecule has 0 bridgehead atoms. The smallest absolute Gasteiger partial charge is 0.377 e. The summed E-state index contributed by atoms with van der Waals surface area (Å²) in [5.74, 6) is 0. The van der Waals surface area contributed by atoms with Gasteiger partial charge in [0, 0.05) is 6.04 Å². The highest BCUT2D eigenvalue weighted by molar-refractivity contribution is 9.10. The molecule has 1 atom stereocenters. The van der Waals surface area contributed by atoms with E-state index in [9.17, 15) is 13.2 Å². The van der Waals surface area contributed by atoms with Gasteiger partial charge in [-0.25, -0.2) is 4.98 Å². The second-order valence-electron chi connectivity index (χ2n) is 4.75. The van der Waals surface area contributed by atoms with Gasteiger partial charge in [0.05, 0.1) is 16.9 Å². The molecule has 0 spiro atoms. The first-order chi connectivity index (χ1) is 9.77. The Bertz CT molecular complexity index is 624. The van der Waals surface area contributed by atoms with E-state index in [1.807, 2.05) is 26.0 Å². The Morgan fingerprint density at radius 3 is 2.24 bits per heavy atom. The van der Waals surface area contributed by atoms with Crippen LogP contribution in [0.3, 0.4) is 0 Å². The number of nitrogens with one attached hydrogen (secondary N) is 1. The standard InChI is InChI=1S/C15H14BrF3N2/c1-9(20-13-7-8-14(16)21-10(13)2)11-3-5-12(6-4-11)15(17,18)19/h3-9,20H,1-2H3. The van der Waals surface area contributed by atoms with E-state index in [0.29, 0.717) is 0 Å². The van der Waals surface area contributed by atoms with Crippen LogP contribution in [0.4, 0.5) is 18.9 Å². The highest BCUT2D eigenvalue weighted by Gasteiger charge is 2.30. The van der Waals surface area contributed by atoms with Crippen LogP contribution in [0, 0.1) is 6.92 Å². The van der Waals surface area contributed by atoms with Crippen LogP contribution in [-0.4, -0.2) is 4.98 Å². The summed E-state index contributed by atoms with van der Waals surface area (Å²) in [5.41, 5.74) is 1.82. The molecule has 0 aliphatic heterocycles. The summed E-state index contributed by atoms with van der Waals surface area (Å²) in [6.45, 7) is 3.76. The lowest BCUT2D eigenvalue weighted by atomic mass is 10.1. The van der Waals surface area contributed by atoms with Crippen LogP contribution < -0.4 is 5.32 Å². The van der Waals surface area contributed by atoms with Crippen LogP contribution in [0.25, 0.3) is 0 Å². The van der Waals surface area contributed by atoms with Crippen molar-refractivity contribution >= 4 is 21.6 Å². The number of aromatic nitrogens is 1. The Morgan fingerprint density at radius 2 is 1.71 bits per heavy atom. The lowest BCUT2D eigenvalue weighted by Gasteiger charge is -2.18. The van der Waals surface area contributed by atoms with Crippen LogP contribution in [0.15, 0.2) is 41.0 Å². The maximum absolute atomic E-state index is 12.5. The zero-order valence-corrected chi connectivity index (χ0v) is 13.1. The Balaban J connectivity index is 2.15. The predicted octanol–water partition coefficient (Wildman–Crippen LogP) is 5.34. The Kier molecular flexibility index (Phi) is 4.56. The Labute approximate surface area is 129 Å². The van der Waals surface area contributed by atoms with Crippen LogP contribution in [0.2, 0.25) is 0 Å². The van der Waals surface area contributed by atoms with Crippen molar-refractivity contribution in [3.8, 4) is 0 Å². The molecule has 112 valence electrons. The lowest BCUT2D eigenvalue weighted by molar-refractivity contribution is -0.137. The molecule has 0 saturated heterocycles. The zero-order chi connectivity index (χ0) is 15.6. The molecule has 2 aromatic rings. The Hall–Kier alpha value is -1.56. The van der Waals surface area contributed by atoms with Gasteiger partial charge >= 0.3 is 6.18 Å². The molecular formula is C15H14BrF3N2. The highest BCUT2D eigenvalue weighted by Crippen LogP contribution is 2.30. The van der Waals surface area contributed by atoms with Gasteiger partial charge in [-0.05, 0) is 59.6 Å². The average molecular weight is 359 g/mol. The number of anilines is 1. The minimum absolute atomic E-state index is 0.117. The van der Waals surface area contributed by atoms with Gasteiger partial charge in [0.2, 0.25) is 0 Å². The third-order valence-electron chi connectivity index (χ3n) is 3.16. The van der Waals surface area contributed by atoms with Gasteiger partial charge in [0.15, 0.2) is 0 Å². The van der Waals surface area contributed by atoms with Gasteiger partial charge in [-0.2, -0.15) is 13.2 Å². The first-order valence-electron chi connectivity index (χ1n) is 6.34. The molecule has 2 rings (SSSR count). The predicted molar refractivity (Wildman–Crippen MR) is 80.2 cm³/mol. The topological polar surface area (TPSA) is 24.9 Å². The van der Waals surface area contributed by atoms with Gasteiger partial charge in [-0.3, -0.25) is 0 Å². The van der Waals surface area contributed by atoms with E-state index in [2.05, 4.69) is 26.2 Å². The number of nitrogens with zero attached hydrogens (tertiary/aromatic N) is 1. The van der Waals surface area contributed by atoms with Crippen molar-refractivity contribution in [3.63, 3.8) is 0 Å². The summed E-state index contributed by atoms with van der Waals surface area (Å²) in [5, 5.41) is 3.25. The van der Waals surface area contributed by atoms with Gasteiger partial charge < -0.3 is 5.32 Å². The van der Waals surface area contributed by atoms with Gasteiger partial charge in [-0.1, -0.05) is 12.1 Å². The number of hydrogen-bond donors (Lipinski definition) is 1. The van der Waals surface area contributed by atoms with Crippen molar-refractivity contribution in [2.24, 2.45) is 0 Å². The maximum atomic E-state index is 12.5. The number of alkyl halides is 3. The van der Waals surface area contributed by atoms with Gasteiger partial charge in [0.1, 0.15) is 4.60 Å². The molecule has 0 fully saturated rings. The summed E-state index contributed by atoms with van der Waals surface area (Å²) < 4.78 is 38.3. The van der Waals surface area contributed by atoms with E-state index in [1.54, 1.807) is 0 Å². The van der Waals surface area contributed by atoms with E-state index in [-0.39, 0.29) is 6.04 Å². The molecule has 21 heavy (non-hydrogen) atoms. The molecule has 1 unspecified atom stereocenters. The van der Waals surface area contributed by atoms with E-state index in [1.165, 1.54) is 12.1 Å². The summed E-state index contributed by atoms with van der Waals surface area (Å²) in [4.78, 5) is 4.27. The lowest BCUT2D eigenvalue weighted by Crippen LogP contribution is -2.10. The van der Waals surface area contributed by atoms with Gasteiger partial charge in [0.25, 0.3) is 0 Å². The molecule has 2 nitrogen and oxygen atoms in total. The largest absolute Gasteiger partial charge is 0.416 e. The second-order valence-corrected chi connectivity index (χ2v) is 5.57. The van der Waals surface area contributed by atoms with Crippen LogP contribution >= 0.6 is 15.9 Å². The monoisotopic (exact) mass is 358 g/mol. The van der Waals surface area contributed by atoms with E-state index in [4.69, 9.17) is 0 Å². The minimum Gasteiger partial charge on any atom is -0.377 e.